The first-order valence-corrected chi connectivity index (χ1v) is 9.47. The number of amides is 2. The molecule has 0 bridgehead atoms. The zero-order chi connectivity index (χ0) is 17.7. The highest BCUT2D eigenvalue weighted by Crippen LogP contribution is 2.18. The van der Waals surface area contributed by atoms with Gasteiger partial charge in [0, 0.05) is 18.7 Å². The molecule has 1 heterocycles. The van der Waals surface area contributed by atoms with Crippen molar-refractivity contribution in [2.45, 2.75) is 19.4 Å². The molecule has 1 aromatic carbocycles. The summed E-state index contributed by atoms with van der Waals surface area (Å²) in [5.74, 6) is -1.54. The summed E-state index contributed by atoms with van der Waals surface area (Å²) in [6.07, 6.45) is 0.431. The van der Waals surface area contributed by atoms with Crippen LogP contribution in [0.15, 0.2) is 18.2 Å². The van der Waals surface area contributed by atoms with Crippen LogP contribution in [-0.4, -0.2) is 56.6 Å². The van der Waals surface area contributed by atoms with Gasteiger partial charge in [-0.25, -0.2) is 22.0 Å². The van der Waals surface area contributed by atoms with Gasteiger partial charge in [-0.1, -0.05) is 0 Å². The summed E-state index contributed by atoms with van der Waals surface area (Å²) in [5, 5.41) is 2.61. The van der Waals surface area contributed by atoms with E-state index in [0.29, 0.717) is 19.0 Å². The van der Waals surface area contributed by atoms with Gasteiger partial charge in [-0.15, -0.1) is 0 Å². The summed E-state index contributed by atoms with van der Waals surface area (Å²) in [4.78, 5) is 13.6. The largest absolute Gasteiger partial charge is 0.489 e. The van der Waals surface area contributed by atoms with E-state index in [1.54, 1.807) is 6.92 Å². The maximum atomic E-state index is 13.4. The van der Waals surface area contributed by atoms with E-state index in [2.05, 4.69) is 5.32 Å². The van der Waals surface area contributed by atoms with Crippen molar-refractivity contribution in [3.8, 4) is 5.75 Å². The van der Waals surface area contributed by atoms with Crippen molar-refractivity contribution in [1.82, 2.24) is 10.2 Å². The molecular weight excluding hydrogens is 342 g/mol. The van der Waals surface area contributed by atoms with Gasteiger partial charge in [-0.05, 0) is 25.5 Å². The van der Waals surface area contributed by atoms with Gasteiger partial charge in [0.15, 0.2) is 21.4 Å². The van der Waals surface area contributed by atoms with Gasteiger partial charge in [0.2, 0.25) is 0 Å². The summed E-state index contributed by atoms with van der Waals surface area (Å²) in [7, 11) is -3.07. The van der Waals surface area contributed by atoms with Crippen molar-refractivity contribution in [2.24, 2.45) is 0 Å². The van der Waals surface area contributed by atoms with Crippen molar-refractivity contribution >= 4 is 15.9 Å². The second kappa shape index (κ2) is 7.78. The summed E-state index contributed by atoms with van der Waals surface area (Å²) in [6, 6.07) is 2.26. The van der Waals surface area contributed by atoms with Crippen molar-refractivity contribution in [3.05, 3.63) is 29.8 Å². The first-order valence-electron chi connectivity index (χ1n) is 7.65. The second-order valence-corrected chi connectivity index (χ2v) is 7.73. The van der Waals surface area contributed by atoms with Crippen molar-refractivity contribution in [1.29, 1.82) is 0 Å². The van der Waals surface area contributed by atoms with E-state index >= 15 is 0 Å². The number of carbonyl (C=O) groups excluding carboxylic acids is 1. The average molecular weight is 362 g/mol. The first kappa shape index (κ1) is 18.4. The normalized spacial score (nSPS) is 19.0. The Morgan fingerprint density at radius 1 is 1.42 bits per heavy atom. The van der Waals surface area contributed by atoms with Crippen molar-refractivity contribution in [2.75, 3.05) is 31.2 Å². The summed E-state index contributed by atoms with van der Waals surface area (Å²) >= 11 is 0. The monoisotopic (exact) mass is 362 g/mol. The van der Waals surface area contributed by atoms with Crippen LogP contribution in [0.1, 0.15) is 13.3 Å². The van der Waals surface area contributed by atoms with E-state index in [1.807, 2.05) is 0 Å². The molecule has 0 saturated carbocycles. The molecule has 1 unspecified atom stereocenters. The number of rotatable bonds is 6. The van der Waals surface area contributed by atoms with Crippen LogP contribution < -0.4 is 10.1 Å². The highest BCUT2D eigenvalue weighted by Gasteiger charge is 2.33. The zero-order valence-corrected chi connectivity index (χ0v) is 14.1. The predicted octanol–water partition coefficient (Wildman–Crippen LogP) is 1.56. The molecule has 0 radical (unpaired) electrons. The van der Waals surface area contributed by atoms with E-state index in [9.17, 15) is 22.0 Å². The fourth-order valence-electron chi connectivity index (χ4n) is 2.60. The summed E-state index contributed by atoms with van der Waals surface area (Å²) in [5.41, 5.74) is 0. The van der Waals surface area contributed by atoms with Crippen LogP contribution in [-0.2, 0) is 9.84 Å². The van der Waals surface area contributed by atoms with Gasteiger partial charge in [-0.3, -0.25) is 0 Å². The maximum absolute atomic E-state index is 13.4. The van der Waals surface area contributed by atoms with E-state index < -0.39 is 21.5 Å². The Kier molecular flexibility index (Phi) is 5.98. The molecule has 24 heavy (non-hydrogen) atoms. The minimum absolute atomic E-state index is 0.00874. The molecule has 1 N–H and O–H groups in total. The lowest BCUT2D eigenvalue weighted by Gasteiger charge is -2.27. The molecule has 1 aliphatic heterocycles. The Morgan fingerprint density at radius 3 is 2.75 bits per heavy atom. The van der Waals surface area contributed by atoms with Crippen LogP contribution in [0.3, 0.4) is 0 Å². The average Bonchev–Trinajstić information content (AvgIpc) is 2.86. The highest BCUT2D eigenvalue weighted by atomic mass is 32.2. The van der Waals surface area contributed by atoms with Crippen LogP contribution in [0.2, 0.25) is 0 Å². The summed E-state index contributed by atoms with van der Waals surface area (Å²) < 4.78 is 54.3. The molecule has 1 atom stereocenters. The third kappa shape index (κ3) is 4.80. The molecular formula is C15H20F2N2O4S. The van der Waals surface area contributed by atoms with Gasteiger partial charge in [0.1, 0.15) is 12.4 Å². The molecule has 0 aromatic heterocycles. The van der Waals surface area contributed by atoms with Gasteiger partial charge in [0.25, 0.3) is 0 Å². The number of hydrogen-bond donors (Lipinski definition) is 1. The lowest BCUT2D eigenvalue weighted by molar-refractivity contribution is 0.181. The van der Waals surface area contributed by atoms with Gasteiger partial charge in [0.05, 0.1) is 18.1 Å². The standard InChI is InChI=1S/C15H20F2N2O4S/c1-2-19(12-5-8-24(21,22)10-12)15(20)18-6-7-23-14-4-3-11(16)9-13(14)17/h3-4,9,12H,2,5-8,10H2,1H3,(H,18,20). The van der Waals surface area contributed by atoms with E-state index in [1.165, 1.54) is 11.0 Å². The second-order valence-electron chi connectivity index (χ2n) is 5.50. The molecule has 9 heteroatoms. The first-order chi connectivity index (χ1) is 11.3. The fraction of sp³-hybridized carbons (Fsp3) is 0.533. The van der Waals surface area contributed by atoms with E-state index in [-0.39, 0.29) is 42.5 Å². The lowest BCUT2D eigenvalue weighted by Crippen LogP contribution is -2.47. The number of sulfone groups is 1. The van der Waals surface area contributed by atoms with Gasteiger partial charge >= 0.3 is 6.03 Å². The molecule has 2 rings (SSSR count). The third-order valence-electron chi connectivity index (χ3n) is 3.78. The van der Waals surface area contributed by atoms with Gasteiger partial charge < -0.3 is 15.0 Å². The predicted molar refractivity (Wildman–Crippen MR) is 84.7 cm³/mol. The van der Waals surface area contributed by atoms with Crippen LogP contribution >= 0.6 is 0 Å². The van der Waals surface area contributed by atoms with E-state index in [4.69, 9.17) is 4.74 Å². The highest BCUT2D eigenvalue weighted by molar-refractivity contribution is 7.91. The van der Waals surface area contributed by atoms with Crippen LogP contribution in [0, 0.1) is 11.6 Å². The fourth-order valence-corrected chi connectivity index (χ4v) is 4.33. The van der Waals surface area contributed by atoms with Crippen LogP contribution in [0.25, 0.3) is 0 Å². The molecule has 0 spiro atoms. The molecule has 6 nitrogen and oxygen atoms in total. The minimum Gasteiger partial charge on any atom is -0.489 e. The number of urea groups is 1. The molecule has 134 valence electrons. The number of hydrogen-bond acceptors (Lipinski definition) is 4. The molecule has 1 aliphatic rings. The maximum Gasteiger partial charge on any atom is 0.317 e. The van der Waals surface area contributed by atoms with Crippen molar-refractivity contribution < 1.29 is 26.7 Å². The summed E-state index contributed by atoms with van der Waals surface area (Å²) in [6.45, 7) is 2.29. The smallest absolute Gasteiger partial charge is 0.317 e. The number of ether oxygens (including phenoxy) is 1. The number of halogens is 2. The number of nitrogens with one attached hydrogen (secondary N) is 1. The number of carbonyl (C=O) groups is 1. The minimum atomic E-state index is -3.07. The molecule has 1 saturated heterocycles. The Labute approximate surface area is 139 Å². The Morgan fingerprint density at radius 2 is 2.17 bits per heavy atom. The Hall–Kier alpha value is -1.90. The number of benzene rings is 1. The Balaban J connectivity index is 1.79. The lowest BCUT2D eigenvalue weighted by atomic mass is 10.2. The molecule has 2 amide bonds. The number of nitrogens with zero attached hydrogens (tertiary/aromatic N) is 1. The van der Waals surface area contributed by atoms with Crippen LogP contribution in [0.4, 0.5) is 13.6 Å². The molecule has 1 fully saturated rings. The van der Waals surface area contributed by atoms with E-state index in [0.717, 1.165) is 6.07 Å². The zero-order valence-electron chi connectivity index (χ0n) is 13.3. The van der Waals surface area contributed by atoms with Crippen LogP contribution in [0.5, 0.6) is 5.75 Å². The quantitative estimate of drug-likeness (QED) is 0.780. The van der Waals surface area contributed by atoms with Gasteiger partial charge in [-0.2, -0.15) is 0 Å². The third-order valence-corrected chi connectivity index (χ3v) is 5.53. The molecule has 0 aliphatic carbocycles. The molecule has 1 aromatic rings. The van der Waals surface area contributed by atoms with Crippen molar-refractivity contribution in [3.63, 3.8) is 0 Å². The SMILES string of the molecule is CCN(C(=O)NCCOc1ccc(F)cc1F)C1CCS(=O)(=O)C1. The Bertz CT molecular complexity index is 697. The topological polar surface area (TPSA) is 75.7 Å².